The van der Waals surface area contributed by atoms with E-state index in [0.717, 1.165) is 92.1 Å². The molecule has 0 N–H and O–H groups in total. The van der Waals surface area contributed by atoms with Crippen molar-refractivity contribution < 1.29 is 8.83 Å². The van der Waals surface area contributed by atoms with Crippen molar-refractivity contribution in [3.05, 3.63) is 164 Å². The van der Waals surface area contributed by atoms with Crippen LogP contribution in [0.4, 0.5) is 0 Å². The molecule has 0 radical (unpaired) electrons. The summed E-state index contributed by atoms with van der Waals surface area (Å²) in [6, 6.07) is 55.3. The Labute approximate surface area is 328 Å². The third-order valence-corrected chi connectivity index (χ3v) is 11.8. The maximum atomic E-state index is 6.36. The van der Waals surface area contributed by atoms with Crippen LogP contribution in [0.1, 0.15) is 0 Å². The molecule has 0 saturated carbocycles. The summed E-state index contributed by atoms with van der Waals surface area (Å²) < 4.78 is 14.8. The molecule has 12 rings (SSSR count). The van der Waals surface area contributed by atoms with Crippen LogP contribution in [-0.4, -0.2) is 24.9 Å². The van der Waals surface area contributed by atoms with E-state index >= 15 is 0 Å². The zero-order chi connectivity index (χ0) is 37.5. The molecule has 0 unspecified atom stereocenters. The molecule has 0 amide bonds. The van der Waals surface area contributed by atoms with Crippen LogP contribution in [0.15, 0.2) is 173 Å². The molecular weight excluding hydrogens is 723 g/mol. The fraction of sp³-hybridized carbons (Fsp3) is 0. The third-order valence-electron chi connectivity index (χ3n) is 10.6. The Kier molecular flexibility index (Phi) is 6.96. The monoisotopic (exact) mass is 749 g/mol. The molecule has 12 aromatic rings. The minimum atomic E-state index is 0.588. The van der Waals surface area contributed by atoms with Crippen LogP contribution >= 0.6 is 11.3 Å². The van der Waals surface area contributed by atoms with Gasteiger partial charge in [0, 0.05) is 64.1 Å². The number of hydrogen-bond donors (Lipinski definition) is 0. The number of rotatable bonds is 5. The molecular formula is C49H27N5O2S. The summed E-state index contributed by atoms with van der Waals surface area (Å²) in [5.41, 5.74) is 9.30. The molecule has 0 aliphatic rings. The Morgan fingerprint density at radius 3 is 1.82 bits per heavy atom. The van der Waals surface area contributed by atoms with Crippen LogP contribution < -0.4 is 0 Å². The summed E-state index contributed by atoms with van der Waals surface area (Å²) in [6.45, 7) is 0. The van der Waals surface area contributed by atoms with E-state index in [-0.39, 0.29) is 0 Å². The van der Waals surface area contributed by atoms with Gasteiger partial charge in [-0.1, -0.05) is 127 Å². The zero-order valence-electron chi connectivity index (χ0n) is 30.0. The summed E-state index contributed by atoms with van der Waals surface area (Å²) in [5, 5.41) is 5.24. The number of para-hydroxylation sites is 2. The van der Waals surface area contributed by atoms with Gasteiger partial charge >= 0.3 is 0 Å². The van der Waals surface area contributed by atoms with Crippen LogP contribution in [0.25, 0.3) is 121 Å². The van der Waals surface area contributed by atoms with E-state index in [1.165, 1.54) is 0 Å². The molecule has 0 spiro atoms. The molecule has 266 valence electrons. The lowest BCUT2D eigenvalue weighted by molar-refractivity contribution is 0.667. The molecule has 5 heterocycles. The van der Waals surface area contributed by atoms with Gasteiger partial charge in [0.1, 0.15) is 28.0 Å². The fourth-order valence-corrected chi connectivity index (χ4v) is 9.17. The van der Waals surface area contributed by atoms with Gasteiger partial charge in [-0.25, -0.2) is 24.9 Å². The second-order valence-electron chi connectivity index (χ2n) is 14.0. The summed E-state index contributed by atoms with van der Waals surface area (Å²) in [4.78, 5) is 25.7. The van der Waals surface area contributed by atoms with E-state index in [9.17, 15) is 0 Å². The molecule has 0 fully saturated rings. The molecule has 0 bridgehead atoms. The first-order chi connectivity index (χ1) is 28.2. The van der Waals surface area contributed by atoms with E-state index in [0.29, 0.717) is 28.9 Å². The van der Waals surface area contributed by atoms with Gasteiger partial charge < -0.3 is 8.83 Å². The Morgan fingerprint density at radius 2 is 1.00 bits per heavy atom. The number of nitrogens with zero attached hydrogens (tertiary/aromatic N) is 5. The minimum Gasteiger partial charge on any atom is -0.456 e. The van der Waals surface area contributed by atoms with Gasteiger partial charge in [-0.05, 0) is 36.4 Å². The summed E-state index contributed by atoms with van der Waals surface area (Å²) in [7, 11) is 0. The smallest absolute Gasteiger partial charge is 0.180 e. The summed E-state index contributed by atoms with van der Waals surface area (Å²) >= 11 is 1.72. The van der Waals surface area contributed by atoms with E-state index in [1.54, 1.807) is 11.3 Å². The predicted octanol–water partition coefficient (Wildman–Crippen LogP) is 13.2. The number of hydrogen-bond acceptors (Lipinski definition) is 8. The number of aromatic nitrogens is 5. The van der Waals surface area contributed by atoms with Crippen molar-refractivity contribution in [1.82, 2.24) is 24.9 Å². The van der Waals surface area contributed by atoms with E-state index in [2.05, 4.69) is 66.7 Å². The van der Waals surface area contributed by atoms with Crippen molar-refractivity contribution in [2.45, 2.75) is 0 Å². The molecule has 7 aromatic carbocycles. The maximum absolute atomic E-state index is 6.36. The molecule has 0 aliphatic heterocycles. The van der Waals surface area contributed by atoms with Crippen LogP contribution in [-0.2, 0) is 0 Å². The van der Waals surface area contributed by atoms with Crippen molar-refractivity contribution in [1.29, 1.82) is 0 Å². The van der Waals surface area contributed by atoms with Crippen molar-refractivity contribution in [3.63, 3.8) is 0 Å². The molecule has 0 atom stereocenters. The molecule has 57 heavy (non-hydrogen) atoms. The fourth-order valence-electron chi connectivity index (χ4n) is 7.92. The van der Waals surface area contributed by atoms with E-state index < -0.39 is 0 Å². The van der Waals surface area contributed by atoms with Crippen LogP contribution in [0.3, 0.4) is 0 Å². The Hall–Kier alpha value is -7.55. The van der Waals surface area contributed by atoms with Crippen molar-refractivity contribution in [2.24, 2.45) is 0 Å². The quantitative estimate of drug-likeness (QED) is 0.173. The van der Waals surface area contributed by atoms with Crippen molar-refractivity contribution in [3.8, 4) is 56.8 Å². The highest BCUT2D eigenvalue weighted by atomic mass is 32.1. The molecule has 8 heteroatoms. The molecule has 5 aromatic heterocycles. The van der Waals surface area contributed by atoms with E-state index in [1.807, 2.05) is 97.1 Å². The number of benzene rings is 7. The lowest BCUT2D eigenvalue weighted by Crippen LogP contribution is -2.00. The van der Waals surface area contributed by atoms with Crippen LogP contribution in [0.2, 0.25) is 0 Å². The van der Waals surface area contributed by atoms with Gasteiger partial charge in [0.15, 0.2) is 28.9 Å². The SMILES string of the molecule is c1ccc(-c2nc(-c3cccc4c3sc3cc(-c5nc(-c6ccccc6)c6oc7ccccc7c6n5)ccc34)nc(-c3cccc4oc5ccccc5c34)n2)cc1. The average Bonchev–Trinajstić information content (AvgIpc) is 3.97. The lowest BCUT2D eigenvalue weighted by atomic mass is 10.0. The Bertz CT molecular complexity index is 3540. The van der Waals surface area contributed by atoms with Gasteiger partial charge in [0.05, 0.1) is 0 Å². The normalized spacial score (nSPS) is 11.9. The molecule has 0 aliphatic carbocycles. The van der Waals surface area contributed by atoms with Crippen LogP contribution in [0.5, 0.6) is 0 Å². The standard InChI is InChI=1S/C49H27N5O2S/c1-3-13-28(14-4-1)42-44-43(34-18-8-10-23-38(34)56-44)51-47(50-42)30-25-26-31-32-19-11-21-36(45(32)57-40(31)27-30)49-53-46(29-15-5-2-6-16-29)52-48(54-49)35-20-12-24-39-41(35)33-17-7-9-22-37(33)55-39/h1-27H. The zero-order valence-corrected chi connectivity index (χ0v) is 30.9. The highest BCUT2D eigenvalue weighted by Crippen LogP contribution is 2.43. The first kappa shape index (κ1) is 31.8. The van der Waals surface area contributed by atoms with Gasteiger partial charge in [-0.2, -0.15) is 0 Å². The van der Waals surface area contributed by atoms with Gasteiger partial charge in [0.2, 0.25) is 0 Å². The second kappa shape index (κ2) is 12.5. The number of thiophene rings is 1. The maximum Gasteiger partial charge on any atom is 0.180 e. The predicted molar refractivity (Wildman–Crippen MR) is 230 cm³/mol. The lowest BCUT2D eigenvalue weighted by Gasteiger charge is -2.10. The van der Waals surface area contributed by atoms with Gasteiger partial charge in [-0.3, -0.25) is 0 Å². The summed E-state index contributed by atoms with van der Waals surface area (Å²) in [5.74, 6) is 2.44. The highest BCUT2D eigenvalue weighted by Gasteiger charge is 2.21. The van der Waals surface area contributed by atoms with Gasteiger partial charge in [0.25, 0.3) is 0 Å². The largest absolute Gasteiger partial charge is 0.456 e. The second-order valence-corrected chi connectivity index (χ2v) is 15.0. The van der Waals surface area contributed by atoms with Crippen molar-refractivity contribution >= 4 is 75.5 Å². The average molecular weight is 750 g/mol. The minimum absolute atomic E-state index is 0.588. The summed E-state index contributed by atoms with van der Waals surface area (Å²) in [6.07, 6.45) is 0. The Morgan fingerprint density at radius 1 is 0.386 bits per heavy atom. The first-order valence-corrected chi connectivity index (χ1v) is 19.5. The van der Waals surface area contributed by atoms with E-state index in [4.69, 9.17) is 33.8 Å². The first-order valence-electron chi connectivity index (χ1n) is 18.7. The van der Waals surface area contributed by atoms with Crippen LogP contribution in [0, 0.1) is 0 Å². The highest BCUT2D eigenvalue weighted by molar-refractivity contribution is 7.26. The topological polar surface area (TPSA) is 90.7 Å². The Balaban J connectivity index is 1.05. The van der Waals surface area contributed by atoms with Gasteiger partial charge in [-0.15, -0.1) is 11.3 Å². The third kappa shape index (κ3) is 5.08. The molecule has 0 saturated heterocycles. The molecule has 7 nitrogen and oxygen atoms in total. The number of fused-ring (bicyclic) bond motifs is 9. The number of furan rings is 2. The van der Waals surface area contributed by atoms with Crippen molar-refractivity contribution in [2.75, 3.05) is 0 Å².